The number of anilines is 1. The smallest absolute Gasteiger partial charge is 0.253 e. The van der Waals surface area contributed by atoms with E-state index in [1.54, 1.807) is 29.9 Å². The maximum absolute atomic E-state index is 14.0. The molecule has 0 aliphatic rings. The first-order chi connectivity index (χ1) is 12.9. The van der Waals surface area contributed by atoms with E-state index in [2.05, 4.69) is 30.8 Å². The minimum absolute atomic E-state index is 0.131. The average molecular weight is 406 g/mol. The molecule has 4 aromatic rings. The Labute approximate surface area is 161 Å². The first-order valence-electron chi connectivity index (χ1n) is 7.92. The van der Waals surface area contributed by atoms with Crippen molar-refractivity contribution in [2.75, 3.05) is 5.32 Å². The van der Waals surface area contributed by atoms with Crippen LogP contribution in [0.4, 0.5) is 9.52 Å². The molecule has 8 nitrogen and oxygen atoms in total. The van der Waals surface area contributed by atoms with Crippen molar-refractivity contribution >= 4 is 39.0 Å². The number of halogens is 2. The number of thiazole rings is 1. The quantitative estimate of drug-likeness (QED) is 0.540. The second-order valence-corrected chi connectivity index (χ2v) is 7.36. The molecule has 1 aromatic carbocycles. The van der Waals surface area contributed by atoms with Crippen LogP contribution in [0, 0.1) is 12.7 Å². The Kier molecular flexibility index (Phi) is 4.36. The molecule has 0 aliphatic carbocycles. The molecule has 2 N–H and O–H groups in total. The first kappa shape index (κ1) is 17.6. The number of tetrazole rings is 1. The first-order valence-corrected chi connectivity index (χ1v) is 9.11. The Morgan fingerprint density at radius 3 is 2.93 bits per heavy atom. The zero-order valence-corrected chi connectivity index (χ0v) is 15.8. The fourth-order valence-corrected chi connectivity index (χ4v) is 3.82. The number of rotatable bonds is 4. The van der Waals surface area contributed by atoms with Gasteiger partial charge in [-0.2, -0.15) is 4.68 Å². The van der Waals surface area contributed by atoms with Gasteiger partial charge in [0.1, 0.15) is 10.8 Å². The van der Waals surface area contributed by atoms with Crippen molar-refractivity contribution in [1.29, 1.82) is 0 Å². The molecule has 0 bridgehead atoms. The highest BCUT2D eigenvalue weighted by Gasteiger charge is 2.16. The third kappa shape index (κ3) is 3.28. The van der Waals surface area contributed by atoms with Crippen molar-refractivity contribution in [3.8, 4) is 5.00 Å². The molecule has 3 aromatic heterocycles. The third-order valence-electron chi connectivity index (χ3n) is 4.03. The fourth-order valence-electron chi connectivity index (χ4n) is 2.71. The highest BCUT2D eigenvalue weighted by atomic mass is 35.5. The number of nitrogens with zero attached hydrogens (tertiary/aromatic N) is 5. The van der Waals surface area contributed by atoms with Crippen LogP contribution < -0.4 is 10.9 Å². The molecule has 4 rings (SSSR count). The number of hydrogen-bond acceptors (Lipinski definition) is 7. The molecule has 1 atom stereocenters. The van der Waals surface area contributed by atoms with E-state index in [-0.39, 0.29) is 22.1 Å². The summed E-state index contributed by atoms with van der Waals surface area (Å²) in [5.74, 6) is 0.0752. The molecule has 0 saturated heterocycles. The van der Waals surface area contributed by atoms with Gasteiger partial charge < -0.3 is 10.3 Å². The third-order valence-corrected chi connectivity index (χ3v) is 5.15. The molecule has 0 unspecified atom stereocenters. The average Bonchev–Trinajstić information content (AvgIpc) is 3.23. The van der Waals surface area contributed by atoms with Gasteiger partial charge in [-0.25, -0.2) is 9.37 Å². The Morgan fingerprint density at radius 2 is 2.19 bits per heavy atom. The Balaban J connectivity index is 1.64. The summed E-state index contributed by atoms with van der Waals surface area (Å²) >= 11 is 7.26. The van der Waals surface area contributed by atoms with Gasteiger partial charge in [0.2, 0.25) is 0 Å². The predicted molar refractivity (Wildman–Crippen MR) is 101 cm³/mol. The standard InChI is InChI=1S/C16H13ClFN7OS/c1-7(20-16-19-6-13(27-16)25-8(2)22-23-24-25)11-4-9-3-10(17)5-12(18)14(9)21-15(11)26/h3-7H,1-2H3,(H,19,20)(H,21,26)/t7-/m0/s1. The van der Waals surface area contributed by atoms with Gasteiger partial charge in [-0.1, -0.05) is 22.9 Å². The van der Waals surface area contributed by atoms with E-state index < -0.39 is 5.82 Å². The van der Waals surface area contributed by atoms with E-state index in [0.717, 1.165) is 5.00 Å². The molecule has 0 amide bonds. The summed E-state index contributed by atoms with van der Waals surface area (Å²) in [5.41, 5.74) is 0.197. The van der Waals surface area contributed by atoms with Gasteiger partial charge in [-0.3, -0.25) is 4.79 Å². The summed E-state index contributed by atoms with van der Waals surface area (Å²) in [6.07, 6.45) is 1.64. The molecule has 0 saturated carbocycles. The summed E-state index contributed by atoms with van der Waals surface area (Å²) in [4.78, 5) is 19.3. The Morgan fingerprint density at radius 1 is 1.37 bits per heavy atom. The minimum atomic E-state index is -0.567. The van der Waals surface area contributed by atoms with Crippen LogP contribution in [0.1, 0.15) is 24.4 Å². The molecular formula is C16H13ClFN7OS. The molecule has 0 fully saturated rings. The van der Waals surface area contributed by atoms with Gasteiger partial charge in [0, 0.05) is 16.0 Å². The highest BCUT2D eigenvalue weighted by molar-refractivity contribution is 7.17. The summed E-state index contributed by atoms with van der Waals surface area (Å²) in [6.45, 7) is 3.61. The van der Waals surface area contributed by atoms with E-state index >= 15 is 0 Å². The molecule has 11 heteroatoms. The number of fused-ring (bicyclic) bond motifs is 1. The second-order valence-electron chi connectivity index (χ2n) is 5.91. The lowest BCUT2D eigenvalue weighted by Gasteiger charge is -2.13. The van der Waals surface area contributed by atoms with E-state index in [9.17, 15) is 9.18 Å². The van der Waals surface area contributed by atoms with Crippen molar-refractivity contribution in [3.05, 3.63) is 57.0 Å². The summed E-state index contributed by atoms with van der Waals surface area (Å²) in [7, 11) is 0. The molecule has 0 aliphatic heterocycles. The molecule has 27 heavy (non-hydrogen) atoms. The molecule has 3 heterocycles. The molecular weight excluding hydrogens is 393 g/mol. The zero-order chi connectivity index (χ0) is 19.1. The second kappa shape index (κ2) is 6.71. The molecule has 0 spiro atoms. The number of hydrogen-bond donors (Lipinski definition) is 2. The Bertz CT molecular complexity index is 1200. The van der Waals surface area contributed by atoms with E-state index in [1.165, 1.54) is 17.4 Å². The van der Waals surface area contributed by atoms with Gasteiger partial charge in [0.15, 0.2) is 11.0 Å². The maximum Gasteiger partial charge on any atom is 0.253 e. The predicted octanol–water partition coefficient (Wildman–Crippen LogP) is 3.23. The van der Waals surface area contributed by atoms with Gasteiger partial charge >= 0.3 is 0 Å². The van der Waals surface area contributed by atoms with Crippen LogP contribution in [-0.2, 0) is 0 Å². The lowest BCUT2D eigenvalue weighted by Crippen LogP contribution is -2.19. The summed E-state index contributed by atoms with van der Waals surface area (Å²) in [5, 5.41) is 16.6. The van der Waals surface area contributed by atoms with Crippen molar-refractivity contribution in [3.63, 3.8) is 0 Å². The van der Waals surface area contributed by atoms with Crippen LogP contribution >= 0.6 is 22.9 Å². The monoisotopic (exact) mass is 405 g/mol. The lowest BCUT2D eigenvalue weighted by atomic mass is 10.1. The summed E-state index contributed by atoms with van der Waals surface area (Å²) < 4.78 is 15.6. The number of pyridine rings is 1. The lowest BCUT2D eigenvalue weighted by molar-refractivity contribution is 0.636. The van der Waals surface area contributed by atoms with E-state index in [4.69, 9.17) is 11.6 Å². The van der Waals surface area contributed by atoms with Crippen molar-refractivity contribution in [1.82, 2.24) is 30.2 Å². The van der Waals surface area contributed by atoms with Crippen LogP contribution in [0.5, 0.6) is 0 Å². The molecule has 0 radical (unpaired) electrons. The van der Waals surface area contributed by atoms with Crippen LogP contribution in [-0.4, -0.2) is 30.2 Å². The number of aromatic nitrogens is 6. The van der Waals surface area contributed by atoms with Crippen molar-refractivity contribution in [2.45, 2.75) is 19.9 Å². The topological polar surface area (TPSA) is 101 Å². The normalized spacial score (nSPS) is 12.4. The van der Waals surface area contributed by atoms with Gasteiger partial charge in [-0.15, -0.1) is 5.10 Å². The summed E-state index contributed by atoms with van der Waals surface area (Å²) in [6, 6.07) is 4.03. The Hall–Kier alpha value is -2.85. The van der Waals surface area contributed by atoms with Crippen LogP contribution in [0.2, 0.25) is 5.02 Å². The molecule has 138 valence electrons. The highest BCUT2D eigenvalue weighted by Crippen LogP contribution is 2.27. The van der Waals surface area contributed by atoms with Crippen LogP contribution in [0.25, 0.3) is 15.9 Å². The maximum atomic E-state index is 14.0. The number of aromatic amines is 1. The van der Waals surface area contributed by atoms with Crippen LogP contribution in [0.3, 0.4) is 0 Å². The SMILES string of the molecule is Cc1nnnn1-c1cnc(N[C@@H](C)c2cc3cc(Cl)cc(F)c3[nH]c2=O)s1. The number of nitrogens with one attached hydrogen (secondary N) is 2. The number of benzene rings is 1. The van der Waals surface area contributed by atoms with Gasteiger partial charge in [0.05, 0.1) is 17.8 Å². The van der Waals surface area contributed by atoms with Gasteiger partial charge in [0.25, 0.3) is 5.56 Å². The zero-order valence-electron chi connectivity index (χ0n) is 14.2. The van der Waals surface area contributed by atoms with E-state index in [0.29, 0.717) is 21.9 Å². The van der Waals surface area contributed by atoms with Crippen LogP contribution in [0.15, 0.2) is 29.2 Å². The fraction of sp³-hybridized carbons (Fsp3) is 0.188. The van der Waals surface area contributed by atoms with Crippen molar-refractivity contribution < 1.29 is 4.39 Å². The number of H-pyrrole nitrogens is 1. The van der Waals surface area contributed by atoms with Crippen molar-refractivity contribution in [2.24, 2.45) is 0 Å². The largest absolute Gasteiger partial charge is 0.355 e. The minimum Gasteiger partial charge on any atom is -0.355 e. The number of aryl methyl sites for hydroxylation is 1. The van der Waals surface area contributed by atoms with Gasteiger partial charge in [-0.05, 0) is 42.5 Å². The van der Waals surface area contributed by atoms with E-state index in [1.807, 2.05) is 6.92 Å².